The van der Waals surface area contributed by atoms with E-state index in [1.54, 1.807) is 6.07 Å². The summed E-state index contributed by atoms with van der Waals surface area (Å²) in [6.45, 7) is 5.49. The van der Waals surface area contributed by atoms with Crippen LogP contribution in [0, 0.1) is 5.82 Å². The van der Waals surface area contributed by atoms with Gasteiger partial charge < -0.3 is 20.1 Å². The molecule has 3 aromatic rings. The summed E-state index contributed by atoms with van der Waals surface area (Å²) in [6, 6.07) is 4.65. The molecular weight excluding hydrogens is 584 g/mol. The first-order valence-corrected chi connectivity index (χ1v) is 17.8. The molecule has 2 N–H and O–H groups in total. The predicted molar refractivity (Wildman–Crippen MR) is 175 cm³/mol. The molecule has 2 bridgehead atoms. The van der Waals surface area contributed by atoms with Crippen molar-refractivity contribution >= 4 is 16.7 Å². The number of aromatic nitrogens is 2. The van der Waals surface area contributed by atoms with Crippen LogP contribution in [0.2, 0.25) is 0 Å². The lowest BCUT2D eigenvalue weighted by atomic mass is 9.76. The Labute approximate surface area is 269 Å². The van der Waals surface area contributed by atoms with Gasteiger partial charge in [0.05, 0.1) is 5.54 Å². The molecule has 9 rings (SSSR count). The molecule has 0 amide bonds. The van der Waals surface area contributed by atoms with Crippen molar-refractivity contribution in [2.45, 2.75) is 114 Å². The van der Waals surface area contributed by atoms with E-state index in [2.05, 4.69) is 22.0 Å². The number of phenolic OH excluding ortho intramolecular Hbond substituents is 1. The number of anilines is 1. The number of hydrogen-bond acceptors (Lipinski definition) is 7. The third-order valence-corrected chi connectivity index (χ3v) is 12.3. The SMILES string of the molecule is CCC1CCCc2cc(O)cc(-c3c4c(c5c(N6C[C@H]7CC[C@@H](C6)N7)nc(OC[C@@]67CCCN6C[C@H](F)C7)nc5c3F)CCC4)c21. The maximum absolute atomic E-state index is 17.5. The predicted octanol–water partition coefficient (Wildman–Crippen LogP) is 6.36. The van der Waals surface area contributed by atoms with E-state index in [1.807, 2.05) is 6.07 Å². The van der Waals surface area contributed by atoms with Crippen molar-refractivity contribution in [2.24, 2.45) is 0 Å². The van der Waals surface area contributed by atoms with E-state index in [0.29, 0.717) is 48.7 Å². The average molecular weight is 630 g/mol. The summed E-state index contributed by atoms with van der Waals surface area (Å²) in [5, 5.41) is 15.5. The Bertz CT molecular complexity index is 1700. The third-order valence-electron chi connectivity index (χ3n) is 12.3. The minimum atomic E-state index is -0.851. The maximum atomic E-state index is 17.5. The molecule has 2 aromatic carbocycles. The lowest BCUT2D eigenvalue weighted by Gasteiger charge is -2.35. The van der Waals surface area contributed by atoms with Gasteiger partial charge in [0.2, 0.25) is 0 Å². The van der Waals surface area contributed by atoms with E-state index >= 15 is 4.39 Å². The number of ether oxygens (including phenoxy) is 1. The standard InChI is InChI=1S/C37H45F2N5O2/c1-2-21-6-3-7-22-14-26(45)15-29(30(21)22)31-27-8-4-9-28(27)32-34(33(31)39)41-36(42-35(32)43-18-24-10-11-25(19-43)40-24)46-20-37-12-5-13-44(37)17-23(38)16-37/h14-15,21,23-25,40,45H,2-13,16-20H2,1H3/t21?,23-,24-,25+,37+/m1/s1. The highest BCUT2D eigenvalue weighted by Gasteiger charge is 2.49. The molecule has 4 fully saturated rings. The fraction of sp³-hybridized carbons (Fsp3) is 0.622. The van der Waals surface area contributed by atoms with Gasteiger partial charge in [0, 0.05) is 49.1 Å². The van der Waals surface area contributed by atoms with Crippen molar-refractivity contribution < 1.29 is 18.6 Å². The molecular formula is C37H45F2N5O2. The van der Waals surface area contributed by atoms with Crippen LogP contribution in [0.25, 0.3) is 22.0 Å². The summed E-state index contributed by atoms with van der Waals surface area (Å²) in [7, 11) is 0. The van der Waals surface area contributed by atoms with Crippen LogP contribution in [0.1, 0.15) is 92.9 Å². The highest BCUT2D eigenvalue weighted by molar-refractivity contribution is 5.99. The minimum absolute atomic E-state index is 0.184. The number of benzene rings is 2. The number of halogens is 2. The van der Waals surface area contributed by atoms with Crippen LogP contribution in [-0.2, 0) is 19.3 Å². The molecule has 6 aliphatic rings. The molecule has 4 saturated heterocycles. The first-order valence-electron chi connectivity index (χ1n) is 17.8. The Kier molecular flexibility index (Phi) is 6.97. The molecule has 1 aromatic heterocycles. The number of nitrogens with one attached hydrogen (secondary N) is 1. The van der Waals surface area contributed by atoms with E-state index in [1.165, 1.54) is 5.56 Å². The Morgan fingerprint density at radius 3 is 2.67 bits per heavy atom. The molecule has 244 valence electrons. The number of nitrogens with zero attached hydrogens (tertiary/aromatic N) is 4. The number of fused-ring (bicyclic) bond motifs is 7. The number of alkyl halides is 1. The summed E-state index contributed by atoms with van der Waals surface area (Å²) in [5.41, 5.74) is 5.97. The van der Waals surface area contributed by atoms with Crippen molar-refractivity contribution in [2.75, 3.05) is 37.7 Å². The van der Waals surface area contributed by atoms with Crippen molar-refractivity contribution in [1.29, 1.82) is 0 Å². The van der Waals surface area contributed by atoms with Gasteiger partial charge in [-0.05, 0) is 123 Å². The largest absolute Gasteiger partial charge is 0.508 e. The zero-order chi connectivity index (χ0) is 31.2. The molecule has 5 heterocycles. The molecule has 0 saturated carbocycles. The van der Waals surface area contributed by atoms with Gasteiger partial charge in [-0.15, -0.1) is 0 Å². The normalized spacial score (nSPS) is 30.2. The van der Waals surface area contributed by atoms with Crippen LogP contribution < -0.4 is 15.0 Å². The fourth-order valence-electron chi connectivity index (χ4n) is 10.3. The fourth-order valence-corrected chi connectivity index (χ4v) is 10.3. The van der Waals surface area contributed by atoms with Gasteiger partial charge in [-0.3, -0.25) is 4.90 Å². The van der Waals surface area contributed by atoms with Crippen LogP contribution in [0.5, 0.6) is 11.8 Å². The molecule has 0 radical (unpaired) electrons. The number of piperazine rings is 1. The van der Waals surface area contributed by atoms with Gasteiger partial charge in [0.1, 0.15) is 29.9 Å². The van der Waals surface area contributed by atoms with Crippen molar-refractivity contribution in [3.63, 3.8) is 0 Å². The second-order valence-electron chi connectivity index (χ2n) is 15.0. The summed E-state index contributed by atoms with van der Waals surface area (Å²) in [4.78, 5) is 14.5. The third kappa shape index (κ3) is 4.55. The lowest BCUT2D eigenvalue weighted by molar-refractivity contribution is 0.107. The van der Waals surface area contributed by atoms with E-state index in [9.17, 15) is 9.50 Å². The number of hydrogen-bond donors (Lipinski definition) is 2. The monoisotopic (exact) mass is 629 g/mol. The second-order valence-corrected chi connectivity index (χ2v) is 15.0. The quantitative estimate of drug-likeness (QED) is 0.329. The van der Waals surface area contributed by atoms with E-state index in [0.717, 1.165) is 124 Å². The zero-order valence-corrected chi connectivity index (χ0v) is 26.9. The topological polar surface area (TPSA) is 73.8 Å². The van der Waals surface area contributed by atoms with Gasteiger partial charge in [-0.25, -0.2) is 8.78 Å². The summed E-state index contributed by atoms with van der Waals surface area (Å²) < 4.78 is 38.6. The van der Waals surface area contributed by atoms with Gasteiger partial charge in [-0.2, -0.15) is 9.97 Å². The van der Waals surface area contributed by atoms with Crippen LogP contribution in [0.4, 0.5) is 14.6 Å². The Balaban J connectivity index is 1.23. The Morgan fingerprint density at radius 2 is 1.85 bits per heavy atom. The van der Waals surface area contributed by atoms with Crippen LogP contribution >= 0.6 is 0 Å². The Hall–Kier alpha value is -3.04. The first kappa shape index (κ1) is 29.1. The van der Waals surface area contributed by atoms with E-state index in [4.69, 9.17) is 14.7 Å². The second kappa shape index (κ2) is 11.0. The maximum Gasteiger partial charge on any atom is 0.319 e. The molecule has 9 heteroatoms. The van der Waals surface area contributed by atoms with Crippen LogP contribution in [0.3, 0.4) is 0 Å². The van der Waals surface area contributed by atoms with Gasteiger partial charge in [0.25, 0.3) is 0 Å². The van der Waals surface area contributed by atoms with E-state index in [-0.39, 0.29) is 23.1 Å². The number of phenols is 1. The van der Waals surface area contributed by atoms with E-state index < -0.39 is 6.17 Å². The molecule has 2 aliphatic carbocycles. The highest BCUT2D eigenvalue weighted by Crippen LogP contribution is 2.49. The number of rotatable bonds is 6. The van der Waals surface area contributed by atoms with Crippen molar-refractivity contribution in [3.05, 3.63) is 40.2 Å². The van der Waals surface area contributed by atoms with Gasteiger partial charge >= 0.3 is 6.01 Å². The Morgan fingerprint density at radius 1 is 1.02 bits per heavy atom. The van der Waals surface area contributed by atoms with Crippen molar-refractivity contribution in [3.8, 4) is 22.9 Å². The van der Waals surface area contributed by atoms with Gasteiger partial charge in [0.15, 0.2) is 5.82 Å². The molecule has 4 aliphatic heterocycles. The molecule has 7 nitrogen and oxygen atoms in total. The van der Waals surface area contributed by atoms with Crippen molar-refractivity contribution in [1.82, 2.24) is 20.2 Å². The molecule has 1 unspecified atom stereocenters. The number of aryl methyl sites for hydroxylation is 2. The zero-order valence-electron chi connectivity index (χ0n) is 26.9. The molecule has 46 heavy (non-hydrogen) atoms. The first-order chi connectivity index (χ1) is 22.4. The summed E-state index contributed by atoms with van der Waals surface area (Å²) in [5.74, 6) is 0.980. The molecule has 0 spiro atoms. The lowest BCUT2D eigenvalue weighted by Crippen LogP contribution is -2.51. The number of aromatic hydroxyl groups is 1. The minimum Gasteiger partial charge on any atom is -0.508 e. The average Bonchev–Trinajstić information content (AvgIpc) is 3.82. The van der Waals surface area contributed by atoms with Gasteiger partial charge in [-0.1, -0.05) is 6.92 Å². The molecule has 5 atom stereocenters. The smallest absolute Gasteiger partial charge is 0.319 e. The van der Waals surface area contributed by atoms with Crippen LogP contribution in [-0.4, -0.2) is 76.6 Å². The summed E-state index contributed by atoms with van der Waals surface area (Å²) in [6.07, 6.45) is 10.4. The highest BCUT2D eigenvalue weighted by atomic mass is 19.1. The van der Waals surface area contributed by atoms with Crippen LogP contribution in [0.15, 0.2) is 12.1 Å². The summed E-state index contributed by atoms with van der Waals surface area (Å²) >= 11 is 0.